The minimum Gasteiger partial charge on any atom is -0.381 e. The fourth-order valence-corrected chi connectivity index (χ4v) is 2.33. The number of hydrogen-bond donors (Lipinski definition) is 2. The number of nitrogens with one attached hydrogen (secondary N) is 1. The van der Waals surface area contributed by atoms with Crippen molar-refractivity contribution < 1.29 is 4.74 Å². The molecule has 0 amide bonds. The van der Waals surface area contributed by atoms with Crippen LogP contribution < -0.4 is 11.3 Å². The average Bonchev–Trinajstić information content (AvgIpc) is 2.64. The van der Waals surface area contributed by atoms with E-state index in [0.717, 1.165) is 31.7 Å². The smallest absolute Gasteiger partial charge is 0.0543 e. The van der Waals surface area contributed by atoms with Crippen LogP contribution in [0.3, 0.4) is 0 Å². The van der Waals surface area contributed by atoms with Gasteiger partial charge in [-0.15, -0.1) is 0 Å². The van der Waals surface area contributed by atoms with Gasteiger partial charge in [0.05, 0.1) is 18.8 Å². The average molecular weight is 224 g/mol. The molecule has 90 valence electrons. The Morgan fingerprint density at radius 2 is 2.50 bits per heavy atom. The Hall–Kier alpha value is -0.910. The summed E-state index contributed by atoms with van der Waals surface area (Å²) in [6.07, 6.45) is 4.17. The van der Waals surface area contributed by atoms with Gasteiger partial charge in [-0.1, -0.05) is 0 Å². The molecule has 2 heterocycles. The SMILES string of the molecule is Cc1c(C(NN)C2CCCOC2)cnn1C. The maximum absolute atomic E-state index is 5.67. The third kappa shape index (κ3) is 2.11. The zero-order valence-corrected chi connectivity index (χ0v) is 9.94. The number of aryl methyl sites for hydroxylation is 1. The summed E-state index contributed by atoms with van der Waals surface area (Å²) in [5.41, 5.74) is 5.25. The first kappa shape index (κ1) is 11.6. The lowest BCUT2D eigenvalue weighted by Gasteiger charge is -2.29. The zero-order valence-electron chi connectivity index (χ0n) is 9.94. The van der Waals surface area contributed by atoms with Crippen LogP contribution in [0.15, 0.2) is 6.20 Å². The Kier molecular flexibility index (Phi) is 3.58. The monoisotopic (exact) mass is 224 g/mol. The van der Waals surface area contributed by atoms with Gasteiger partial charge in [-0.05, 0) is 19.8 Å². The van der Waals surface area contributed by atoms with E-state index in [-0.39, 0.29) is 6.04 Å². The highest BCUT2D eigenvalue weighted by Crippen LogP contribution is 2.29. The molecule has 5 heteroatoms. The lowest BCUT2D eigenvalue weighted by Crippen LogP contribution is -2.37. The van der Waals surface area contributed by atoms with Gasteiger partial charge in [0.2, 0.25) is 0 Å². The molecule has 0 saturated carbocycles. The predicted octanol–water partition coefficient (Wildman–Crippen LogP) is 0.660. The summed E-state index contributed by atoms with van der Waals surface area (Å²) < 4.78 is 7.39. The molecule has 1 aliphatic rings. The second-order valence-electron chi connectivity index (χ2n) is 4.43. The quantitative estimate of drug-likeness (QED) is 0.585. The molecule has 0 radical (unpaired) electrons. The van der Waals surface area contributed by atoms with Crippen LogP contribution in [-0.4, -0.2) is 23.0 Å². The number of nitrogens with two attached hydrogens (primary N) is 1. The molecule has 1 aromatic rings. The third-order valence-electron chi connectivity index (χ3n) is 3.45. The van der Waals surface area contributed by atoms with Crippen LogP contribution in [0.5, 0.6) is 0 Å². The third-order valence-corrected chi connectivity index (χ3v) is 3.45. The van der Waals surface area contributed by atoms with Crippen molar-refractivity contribution in [2.24, 2.45) is 18.8 Å². The van der Waals surface area contributed by atoms with Crippen LogP contribution in [0.25, 0.3) is 0 Å². The van der Waals surface area contributed by atoms with Gasteiger partial charge in [-0.2, -0.15) is 5.10 Å². The summed E-state index contributed by atoms with van der Waals surface area (Å²) >= 11 is 0. The molecule has 1 fully saturated rings. The summed E-state index contributed by atoms with van der Waals surface area (Å²) in [5.74, 6) is 6.12. The normalized spacial score (nSPS) is 23.3. The van der Waals surface area contributed by atoms with Gasteiger partial charge in [0.25, 0.3) is 0 Å². The van der Waals surface area contributed by atoms with E-state index in [1.807, 2.05) is 17.9 Å². The summed E-state index contributed by atoms with van der Waals surface area (Å²) in [5, 5.41) is 4.26. The molecular formula is C11H20N4O. The molecule has 0 aromatic carbocycles. The van der Waals surface area contributed by atoms with E-state index >= 15 is 0 Å². The first-order valence-corrected chi connectivity index (χ1v) is 5.76. The standard InChI is InChI=1S/C11H20N4O/c1-8-10(6-13-15(8)2)11(14-12)9-4-3-5-16-7-9/h6,9,11,14H,3-5,7,12H2,1-2H3. The van der Waals surface area contributed by atoms with Crippen molar-refractivity contribution in [2.45, 2.75) is 25.8 Å². The van der Waals surface area contributed by atoms with Gasteiger partial charge in [0, 0.05) is 30.8 Å². The van der Waals surface area contributed by atoms with Crippen molar-refractivity contribution in [3.63, 3.8) is 0 Å². The Morgan fingerprint density at radius 1 is 1.69 bits per heavy atom. The summed E-state index contributed by atoms with van der Waals surface area (Å²) in [6, 6.07) is 0.147. The molecule has 1 aliphatic heterocycles. The topological polar surface area (TPSA) is 65.1 Å². The molecule has 1 aromatic heterocycles. The maximum Gasteiger partial charge on any atom is 0.0543 e. The number of ether oxygens (including phenoxy) is 1. The molecule has 0 spiro atoms. The van der Waals surface area contributed by atoms with E-state index in [9.17, 15) is 0 Å². The largest absolute Gasteiger partial charge is 0.381 e. The number of hydrazine groups is 1. The fourth-order valence-electron chi connectivity index (χ4n) is 2.33. The number of rotatable bonds is 3. The van der Waals surface area contributed by atoms with E-state index in [2.05, 4.69) is 17.4 Å². The van der Waals surface area contributed by atoms with Gasteiger partial charge in [-0.25, -0.2) is 0 Å². The molecular weight excluding hydrogens is 204 g/mol. The van der Waals surface area contributed by atoms with Crippen LogP contribution in [0.1, 0.15) is 30.1 Å². The molecule has 2 atom stereocenters. The van der Waals surface area contributed by atoms with Crippen LogP contribution in [0, 0.1) is 12.8 Å². The molecule has 2 rings (SSSR count). The highest BCUT2D eigenvalue weighted by molar-refractivity contribution is 5.21. The lowest BCUT2D eigenvalue weighted by atomic mass is 9.89. The van der Waals surface area contributed by atoms with E-state index in [1.165, 1.54) is 5.56 Å². The van der Waals surface area contributed by atoms with Crippen molar-refractivity contribution in [1.82, 2.24) is 15.2 Å². The van der Waals surface area contributed by atoms with Crippen molar-refractivity contribution in [3.05, 3.63) is 17.5 Å². The van der Waals surface area contributed by atoms with E-state index in [4.69, 9.17) is 10.6 Å². The first-order valence-electron chi connectivity index (χ1n) is 5.76. The minimum atomic E-state index is 0.147. The van der Waals surface area contributed by atoms with Gasteiger partial charge < -0.3 is 4.74 Å². The second kappa shape index (κ2) is 4.95. The van der Waals surface area contributed by atoms with Gasteiger partial charge in [0.15, 0.2) is 0 Å². The zero-order chi connectivity index (χ0) is 11.5. The Balaban J connectivity index is 2.18. The summed E-state index contributed by atoms with van der Waals surface area (Å²) in [7, 11) is 1.95. The van der Waals surface area contributed by atoms with Gasteiger partial charge in [0.1, 0.15) is 0 Å². The Labute approximate surface area is 95.9 Å². The Morgan fingerprint density at radius 3 is 3.00 bits per heavy atom. The van der Waals surface area contributed by atoms with Gasteiger partial charge in [-0.3, -0.25) is 16.0 Å². The van der Waals surface area contributed by atoms with E-state index in [1.54, 1.807) is 0 Å². The van der Waals surface area contributed by atoms with Gasteiger partial charge >= 0.3 is 0 Å². The lowest BCUT2D eigenvalue weighted by molar-refractivity contribution is 0.0389. The number of aromatic nitrogens is 2. The van der Waals surface area contributed by atoms with Crippen molar-refractivity contribution >= 4 is 0 Å². The minimum absolute atomic E-state index is 0.147. The first-order chi connectivity index (χ1) is 7.74. The van der Waals surface area contributed by atoms with Crippen molar-refractivity contribution in [2.75, 3.05) is 13.2 Å². The van der Waals surface area contributed by atoms with Crippen molar-refractivity contribution in [1.29, 1.82) is 0 Å². The highest BCUT2D eigenvalue weighted by atomic mass is 16.5. The molecule has 1 saturated heterocycles. The molecule has 0 aliphatic carbocycles. The van der Waals surface area contributed by atoms with E-state index in [0.29, 0.717) is 5.92 Å². The summed E-state index contributed by atoms with van der Waals surface area (Å²) in [6.45, 7) is 3.72. The van der Waals surface area contributed by atoms with Crippen LogP contribution in [0.4, 0.5) is 0 Å². The maximum atomic E-state index is 5.67. The molecule has 2 unspecified atom stereocenters. The number of hydrogen-bond acceptors (Lipinski definition) is 4. The molecule has 3 N–H and O–H groups in total. The van der Waals surface area contributed by atoms with Crippen LogP contribution >= 0.6 is 0 Å². The summed E-state index contributed by atoms with van der Waals surface area (Å²) in [4.78, 5) is 0. The van der Waals surface area contributed by atoms with Crippen molar-refractivity contribution in [3.8, 4) is 0 Å². The highest BCUT2D eigenvalue weighted by Gasteiger charge is 2.27. The molecule has 16 heavy (non-hydrogen) atoms. The molecule has 5 nitrogen and oxygen atoms in total. The predicted molar refractivity (Wildman–Crippen MR) is 61.6 cm³/mol. The van der Waals surface area contributed by atoms with Crippen LogP contribution in [-0.2, 0) is 11.8 Å². The van der Waals surface area contributed by atoms with E-state index < -0.39 is 0 Å². The Bertz CT molecular complexity index is 344. The van der Waals surface area contributed by atoms with Crippen LogP contribution in [0.2, 0.25) is 0 Å². The number of nitrogens with zero attached hydrogens (tertiary/aromatic N) is 2. The second-order valence-corrected chi connectivity index (χ2v) is 4.43. The molecule has 0 bridgehead atoms. The fraction of sp³-hybridized carbons (Fsp3) is 0.727.